The van der Waals surface area contributed by atoms with Gasteiger partial charge in [-0.25, -0.2) is 0 Å². The van der Waals surface area contributed by atoms with Crippen LogP contribution in [0.25, 0.3) is 0 Å². The molecular weight excluding hydrogens is 263 g/mol. The first-order chi connectivity index (χ1) is 5.79. The molecule has 0 fully saturated rings. The molecule has 0 aromatic heterocycles. The average Bonchev–Trinajstić information content (AvgIpc) is 2.12. The fourth-order valence-corrected chi connectivity index (χ4v) is 1.90. The van der Waals surface area contributed by atoms with Gasteiger partial charge in [-0.15, -0.1) is 0 Å². The Bertz CT molecular complexity index is 323. The minimum absolute atomic E-state index is 0.752. The maximum Gasteiger partial charge on any atom is 0.114 e. The van der Waals surface area contributed by atoms with Crippen molar-refractivity contribution in [2.24, 2.45) is 4.99 Å². The van der Waals surface area contributed by atoms with Gasteiger partial charge in [-0.1, -0.05) is 0 Å². The highest BCUT2D eigenvalue weighted by molar-refractivity contribution is 14.1. The lowest BCUT2D eigenvalue weighted by Crippen LogP contribution is -2.22. The summed E-state index contributed by atoms with van der Waals surface area (Å²) in [7, 11) is 0. The summed E-state index contributed by atoms with van der Waals surface area (Å²) >= 11 is 2.37. The molecule has 2 heterocycles. The summed E-state index contributed by atoms with van der Waals surface area (Å²) in [5.41, 5.74) is 2.60. The SMILES string of the molecule is CC1=C(I)C2=CC=NCN2C=C1. The monoisotopic (exact) mass is 272 g/mol. The van der Waals surface area contributed by atoms with E-state index in [0.717, 1.165) is 6.67 Å². The van der Waals surface area contributed by atoms with Crippen LogP contribution in [0.15, 0.2) is 38.2 Å². The van der Waals surface area contributed by atoms with Crippen molar-refractivity contribution in [2.75, 3.05) is 6.67 Å². The van der Waals surface area contributed by atoms with Crippen molar-refractivity contribution < 1.29 is 0 Å². The summed E-state index contributed by atoms with van der Waals surface area (Å²) in [6, 6.07) is 0. The van der Waals surface area contributed by atoms with Crippen LogP contribution in [0.4, 0.5) is 0 Å². The predicted octanol–water partition coefficient (Wildman–Crippen LogP) is 2.45. The third-order valence-corrected chi connectivity index (χ3v) is 3.36. The van der Waals surface area contributed by atoms with Crippen molar-refractivity contribution in [1.29, 1.82) is 0 Å². The van der Waals surface area contributed by atoms with Crippen LogP contribution < -0.4 is 0 Å². The van der Waals surface area contributed by atoms with Gasteiger partial charge in [0.1, 0.15) is 6.67 Å². The van der Waals surface area contributed by atoms with Gasteiger partial charge in [-0.05, 0) is 47.2 Å². The van der Waals surface area contributed by atoms with Gasteiger partial charge in [-0.2, -0.15) is 0 Å². The Morgan fingerprint density at radius 2 is 2.42 bits per heavy atom. The Morgan fingerprint density at radius 1 is 1.58 bits per heavy atom. The molecule has 0 bridgehead atoms. The van der Waals surface area contributed by atoms with Gasteiger partial charge >= 0.3 is 0 Å². The third kappa shape index (κ3) is 1.22. The lowest BCUT2D eigenvalue weighted by Gasteiger charge is -2.27. The first kappa shape index (κ1) is 8.04. The first-order valence-corrected chi connectivity index (χ1v) is 4.88. The number of hydrogen-bond donors (Lipinski definition) is 0. The smallest absolute Gasteiger partial charge is 0.114 e. The zero-order valence-corrected chi connectivity index (χ0v) is 8.95. The number of rotatable bonds is 0. The maximum absolute atomic E-state index is 4.17. The molecule has 0 amide bonds. The maximum atomic E-state index is 4.17. The van der Waals surface area contributed by atoms with Gasteiger partial charge < -0.3 is 4.90 Å². The number of fused-ring (bicyclic) bond motifs is 1. The van der Waals surface area contributed by atoms with Crippen LogP contribution in [-0.2, 0) is 0 Å². The van der Waals surface area contributed by atoms with E-state index in [1.54, 1.807) is 0 Å². The van der Waals surface area contributed by atoms with Gasteiger partial charge in [0.2, 0.25) is 0 Å². The van der Waals surface area contributed by atoms with Crippen LogP contribution in [0, 0.1) is 0 Å². The fraction of sp³-hybridized carbons (Fsp3) is 0.222. The van der Waals surface area contributed by atoms with Crippen molar-refractivity contribution in [2.45, 2.75) is 6.92 Å². The third-order valence-electron chi connectivity index (χ3n) is 1.96. The van der Waals surface area contributed by atoms with Crippen molar-refractivity contribution in [3.05, 3.63) is 33.2 Å². The zero-order chi connectivity index (χ0) is 8.55. The van der Waals surface area contributed by atoms with Gasteiger partial charge in [0, 0.05) is 16.0 Å². The molecule has 62 valence electrons. The Balaban J connectivity index is 2.45. The van der Waals surface area contributed by atoms with Crippen LogP contribution in [0.3, 0.4) is 0 Å². The van der Waals surface area contributed by atoms with Crippen LogP contribution in [0.2, 0.25) is 0 Å². The lowest BCUT2D eigenvalue weighted by atomic mass is 10.1. The van der Waals surface area contributed by atoms with Crippen molar-refractivity contribution >= 4 is 28.8 Å². The van der Waals surface area contributed by atoms with E-state index in [2.05, 4.69) is 57.8 Å². The van der Waals surface area contributed by atoms with Crippen LogP contribution in [0.1, 0.15) is 6.92 Å². The second kappa shape index (κ2) is 3.05. The normalized spacial score (nSPS) is 21.2. The molecule has 0 saturated carbocycles. The van der Waals surface area contributed by atoms with E-state index in [0.29, 0.717) is 0 Å². The minimum atomic E-state index is 0.752. The topological polar surface area (TPSA) is 15.6 Å². The summed E-state index contributed by atoms with van der Waals surface area (Å²) in [4.78, 5) is 6.32. The second-order valence-corrected chi connectivity index (χ2v) is 3.89. The molecule has 12 heavy (non-hydrogen) atoms. The molecule has 0 aliphatic carbocycles. The number of aliphatic imine (C=N–C) groups is 1. The quantitative estimate of drug-likeness (QED) is 0.618. The fourth-order valence-electron chi connectivity index (χ4n) is 1.23. The van der Waals surface area contributed by atoms with Gasteiger partial charge in [0.05, 0.1) is 5.70 Å². The van der Waals surface area contributed by atoms with E-state index in [-0.39, 0.29) is 0 Å². The molecule has 0 spiro atoms. The Hall–Kier alpha value is -0.580. The molecule has 0 saturated heterocycles. The highest BCUT2D eigenvalue weighted by Crippen LogP contribution is 2.30. The molecule has 2 rings (SSSR count). The predicted molar refractivity (Wildman–Crippen MR) is 59.1 cm³/mol. The number of nitrogens with zero attached hydrogens (tertiary/aromatic N) is 2. The molecule has 0 unspecified atom stereocenters. The number of halogens is 1. The van der Waals surface area contributed by atoms with Crippen LogP contribution in [0.5, 0.6) is 0 Å². The largest absolute Gasteiger partial charge is 0.327 e. The zero-order valence-electron chi connectivity index (χ0n) is 6.79. The Labute approximate surface area is 85.5 Å². The molecule has 0 N–H and O–H groups in total. The molecule has 2 aliphatic rings. The van der Waals surface area contributed by atoms with E-state index in [1.165, 1.54) is 14.8 Å². The molecule has 0 radical (unpaired) electrons. The summed E-state index contributed by atoms with van der Waals surface area (Å²) in [6.45, 7) is 2.88. The molecule has 0 aromatic carbocycles. The van der Waals surface area contributed by atoms with E-state index < -0.39 is 0 Å². The Morgan fingerprint density at radius 3 is 3.25 bits per heavy atom. The first-order valence-electron chi connectivity index (χ1n) is 3.81. The van der Waals surface area contributed by atoms with Crippen LogP contribution >= 0.6 is 22.6 Å². The average molecular weight is 272 g/mol. The highest BCUT2D eigenvalue weighted by Gasteiger charge is 2.16. The summed E-state index contributed by atoms with van der Waals surface area (Å²) in [5, 5.41) is 0. The van der Waals surface area contributed by atoms with Gasteiger partial charge in [-0.3, -0.25) is 4.99 Å². The molecule has 2 nitrogen and oxygen atoms in total. The summed E-state index contributed by atoms with van der Waals surface area (Å²) < 4.78 is 1.32. The van der Waals surface area contributed by atoms with Crippen molar-refractivity contribution in [1.82, 2.24) is 4.90 Å². The van der Waals surface area contributed by atoms with Crippen LogP contribution in [-0.4, -0.2) is 17.8 Å². The van der Waals surface area contributed by atoms with Crippen molar-refractivity contribution in [3.63, 3.8) is 0 Å². The standard InChI is InChI=1S/C9H9IN2/c1-7-3-5-12-6-11-4-2-8(12)9(7)10/h2-5H,6H2,1H3. The molecule has 3 heteroatoms. The number of allylic oxidation sites excluding steroid dienone is 4. The van der Waals surface area contributed by atoms with E-state index in [1.807, 2.05) is 6.21 Å². The Kier molecular flexibility index (Phi) is 2.04. The molecule has 0 aromatic rings. The van der Waals surface area contributed by atoms with Gasteiger partial charge in [0.15, 0.2) is 0 Å². The minimum Gasteiger partial charge on any atom is -0.327 e. The molecular formula is C9H9IN2. The highest BCUT2D eigenvalue weighted by atomic mass is 127. The molecule has 0 atom stereocenters. The van der Waals surface area contributed by atoms with E-state index >= 15 is 0 Å². The number of hydrogen-bond acceptors (Lipinski definition) is 2. The summed E-state index contributed by atoms with van der Waals surface area (Å²) in [5.74, 6) is 0. The summed E-state index contributed by atoms with van der Waals surface area (Å²) in [6.07, 6.45) is 8.13. The lowest BCUT2D eigenvalue weighted by molar-refractivity contribution is 0.485. The van der Waals surface area contributed by atoms with E-state index in [4.69, 9.17) is 0 Å². The second-order valence-electron chi connectivity index (χ2n) is 2.81. The van der Waals surface area contributed by atoms with Gasteiger partial charge in [0.25, 0.3) is 0 Å². The molecule has 2 aliphatic heterocycles. The van der Waals surface area contributed by atoms with Crippen molar-refractivity contribution in [3.8, 4) is 0 Å². The van der Waals surface area contributed by atoms with E-state index in [9.17, 15) is 0 Å².